The largest absolute Gasteiger partial charge is 0.693 e. The Kier molecular flexibility index (Phi) is 8.94. The second-order valence-corrected chi connectivity index (χ2v) is 7.63. The van der Waals surface area contributed by atoms with E-state index in [9.17, 15) is 4.79 Å². The first-order valence-corrected chi connectivity index (χ1v) is 9.96. The van der Waals surface area contributed by atoms with Gasteiger partial charge in [-0.15, -0.1) is 13.1 Å². The van der Waals surface area contributed by atoms with Gasteiger partial charge in [0, 0.05) is 57.0 Å². The van der Waals surface area contributed by atoms with Crippen LogP contribution < -0.4 is 11.1 Å². The van der Waals surface area contributed by atoms with Crippen molar-refractivity contribution >= 4 is 23.1 Å². The van der Waals surface area contributed by atoms with E-state index in [1.807, 2.05) is 36.1 Å². The molecule has 2 heterocycles. The summed E-state index contributed by atoms with van der Waals surface area (Å²) in [7, 11) is 0. The van der Waals surface area contributed by atoms with Crippen LogP contribution >= 0.6 is 0 Å². The molecule has 0 unspecified atom stereocenters. The zero-order valence-electron chi connectivity index (χ0n) is 17.8. The molecule has 0 bridgehead atoms. The maximum absolute atomic E-state index is 12.8. The van der Waals surface area contributed by atoms with E-state index >= 15 is 0 Å². The van der Waals surface area contributed by atoms with Crippen LogP contribution in [-0.2, 0) is 45.7 Å². The Labute approximate surface area is 208 Å². The number of carbonyl (C=O) groups is 1. The fraction of sp³-hybridized carbons (Fsp3) is 0.304. The summed E-state index contributed by atoms with van der Waals surface area (Å²) in [5, 5.41) is 15.0. The fourth-order valence-electron chi connectivity index (χ4n) is 3.96. The second kappa shape index (κ2) is 11.0. The number of nitrogens with one attached hydrogen (secondary N) is 2. The molecule has 31 heavy (non-hydrogen) atoms. The van der Waals surface area contributed by atoms with Gasteiger partial charge in [0.05, 0.1) is 0 Å². The van der Waals surface area contributed by atoms with E-state index in [0.717, 1.165) is 49.3 Å². The van der Waals surface area contributed by atoms with Gasteiger partial charge in [0.25, 0.3) is 5.91 Å². The van der Waals surface area contributed by atoms with Crippen molar-refractivity contribution in [2.24, 2.45) is 5.73 Å². The summed E-state index contributed by atoms with van der Waals surface area (Å²) in [4.78, 5) is 14.7. The molecule has 2 aliphatic rings. The van der Waals surface area contributed by atoms with Gasteiger partial charge in [0.2, 0.25) is 0 Å². The summed E-state index contributed by atoms with van der Waals surface area (Å²) in [5.41, 5.74) is 12.9. The van der Waals surface area contributed by atoms with Crippen molar-refractivity contribution in [2.75, 3.05) is 25.0 Å². The van der Waals surface area contributed by atoms with Crippen LogP contribution in [0.25, 0.3) is 17.0 Å². The average molecular weight is 493 g/mol. The molecule has 161 valence electrons. The average Bonchev–Trinajstić information content (AvgIpc) is 2.73. The number of fused-ring (bicyclic) bond motifs is 1. The first-order valence-electron chi connectivity index (χ1n) is 9.96. The molecular weight excluding hydrogens is 465 g/mol. The van der Waals surface area contributed by atoms with Crippen LogP contribution in [0.3, 0.4) is 0 Å². The van der Waals surface area contributed by atoms with Crippen molar-refractivity contribution in [3.05, 3.63) is 81.8 Å². The van der Waals surface area contributed by atoms with E-state index in [1.54, 1.807) is 0 Å². The summed E-state index contributed by atoms with van der Waals surface area (Å²) in [6.07, 6.45) is 3.92. The van der Waals surface area contributed by atoms with E-state index in [2.05, 4.69) is 28.8 Å². The zero-order valence-corrected chi connectivity index (χ0v) is 20.7. The van der Waals surface area contributed by atoms with Crippen LogP contribution in [0.5, 0.6) is 0 Å². The summed E-state index contributed by atoms with van der Waals surface area (Å²) in [6, 6.07) is 12.1. The number of carbonyl (C=O) groups excluding carboxylic acids is 1. The minimum atomic E-state index is -0.0953. The predicted molar refractivity (Wildman–Crippen MR) is 123 cm³/mol. The Hall–Kier alpha value is -2.06. The number of amides is 1. The smallest absolute Gasteiger partial charge is 0.255 e. The summed E-state index contributed by atoms with van der Waals surface area (Å²) in [6.45, 7) is 4.97. The molecule has 0 fully saturated rings. The minimum absolute atomic E-state index is 0. The van der Waals surface area contributed by atoms with Crippen molar-refractivity contribution < 1.29 is 37.5 Å². The number of nitrogens with zero attached hydrogens (tertiary/aromatic N) is 2. The van der Waals surface area contributed by atoms with Gasteiger partial charge in [0.15, 0.2) is 5.96 Å². The first kappa shape index (κ1) is 25.2. The molecule has 0 saturated carbocycles. The quantitative estimate of drug-likeness (QED) is 0.434. The van der Waals surface area contributed by atoms with E-state index < -0.39 is 0 Å². The SMILES string of the molecule is Cc1cc(C2=CCN(C(=N)N)CC2)ccc1C(=O)Nc1ccc2c(c1)C[N-]CC2.[NH2-].[Y]. The Bertz CT molecular complexity index is 1000. The molecule has 6 N–H and O–H groups in total. The van der Waals surface area contributed by atoms with Gasteiger partial charge in [-0.2, -0.15) is 0 Å². The van der Waals surface area contributed by atoms with Crippen LogP contribution in [0, 0.1) is 12.3 Å². The molecule has 0 aliphatic carbocycles. The van der Waals surface area contributed by atoms with Gasteiger partial charge in [-0.1, -0.05) is 29.8 Å². The topological polar surface area (TPSA) is 130 Å². The van der Waals surface area contributed by atoms with Gasteiger partial charge < -0.3 is 27.4 Å². The van der Waals surface area contributed by atoms with Crippen LogP contribution in [0.15, 0.2) is 42.5 Å². The zero-order chi connectivity index (χ0) is 20.4. The number of anilines is 1. The number of hydrogen-bond acceptors (Lipinski definition) is 2. The molecule has 4 rings (SSSR count). The molecule has 0 spiro atoms. The third-order valence-corrected chi connectivity index (χ3v) is 5.68. The Morgan fingerprint density at radius 1 is 1.16 bits per heavy atom. The monoisotopic (exact) mass is 493 g/mol. The number of rotatable bonds is 3. The van der Waals surface area contributed by atoms with Crippen LogP contribution in [0.1, 0.15) is 39.0 Å². The van der Waals surface area contributed by atoms with Gasteiger partial charge in [0.1, 0.15) is 0 Å². The van der Waals surface area contributed by atoms with Crippen LogP contribution in [-0.4, -0.2) is 36.4 Å². The van der Waals surface area contributed by atoms with E-state index in [-0.39, 0.29) is 50.7 Å². The second-order valence-electron chi connectivity index (χ2n) is 7.63. The first-order chi connectivity index (χ1) is 14.0. The summed E-state index contributed by atoms with van der Waals surface area (Å²) in [5.74, 6) is 0.0153. The van der Waals surface area contributed by atoms with E-state index in [4.69, 9.17) is 11.1 Å². The molecule has 2 aliphatic heterocycles. The van der Waals surface area contributed by atoms with Crippen molar-refractivity contribution in [2.45, 2.75) is 26.3 Å². The Morgan fingerprint density at radius 2 is 1.97 bits per heavy atom. The summed E-state index contributed by atoms with van der Waals surface area (Å²) < 4.78 is 0. The van der Waals surface area contributed by atoms with E-state index in [1.165, 1.54) is 16.7 Å². The van der Waals surface area contributed by atoms with Crippen molar-refractivity contribution in [3.63, 3.8) is 0 Å². The normalized spacial score (nSPS) is 15.0. The molecule has 0 aromatic heterocycles. The van der Waals surface area contributed by atoms with Crippen molar-refractivity contribution in [1.82, 2.24) is 4.90 Å². The Balaban J connectivity index is 0.00000171. The number of hydrogen-bond donors (Lipinski definition) is 3. The standard InChI is InChI=1S/C23H26N5O.H2N.Y/c1-15-12-18(17-7-10-28(11-8-17)23(24)25)3-5-21(15)22(29)27-20-4-2-16-6-9-26-14-19(16)13-20;;/h2-5,7,12-13H,6,8-11,14H2,1H3,(H3,24,25)(H,27,29);1H2;/q2*-1;. The molecule has 1 amide bonds. The molecule has 7 nitrogen and oxygen atoms in total. The minimum Gasteiger partial charge on any atom is -0.693 e. The van der Waals surface area contributed by atoms with Gasteiger partial charge in [-0.3, -0.25) is 10.2 Å². The maximum atomic E-state index is 12.8. The van der Waals surface area contributed by atoms with Gasteiger partial charge in [-0.25, -0.2) is 0 Å². The predicted octanol–water partition coefficient (Wildman–Crippen LogP) is 4.37. The third-order valence-electron chi connectivity index (χ3n) is 5.68. The van der Waals surface area contributed by atoms with Crippen molar-refractivity contribution in [1.29, 1.82) is 5.41 Å². The summed E-state index contributed by atoms with van der Waals surface area (Å²) >= 11 is 0. The molecule has 2 aromatic rings. The maximum Gasteiger partial charge on any atom is 0.255 e. The molecule has 0 saturated heterocycles. The molecule has 8 heteroatoms. The van der Waals surface area contributed by atoms with Crippen LogP contribution in [0.4, 0.5) is 5.69 Å². The van der Waals surface area contributed by atoms with Crippen molar-refractivity contribution in [3.8, 4) is 0 Å². The third kappa shape index (κ3) is 5.80. The number of benzene rings is 2. The number of guanidine groups is 1. The molecule has 0 atom stereocenters. The Morgan fingerprint density at radius 3 is 2.65 bits per heavy atom. The number of aryl methyl sites for hydroxylation is 1. The molecular formula is C23H28N6OY-2. The molecule has 2 aromatic carbocycles. The fourth-order valence-corrected chi connectivity index (χ4v) is 3.96. The number of nitrogens with two attached hydrogens (primary N) is 2. The van der Waals surface area contributed by atoms with Gasteiger partial charge >= 0.3 is 0 Å². The van der Waals surface area contributed by atoms with Crippen LogP contribution in [0.2, 0.25) is 0 Å². The van der Waals surface area contributed by atoms with E-state index in [0.29, 0.717) is 12.1 Å². The van der Waals surface area contributed by atoms with Gasteiger partial charge in [-0.05, 0) is 60.2 Å². The molecule has 1 radical (unpaired) electrons.